The van der Waals surface area contributed by atoms with Crippen molar-refractivity contribution in [1.29, 1.82) is 0 Å². The number of amides is 1. The Morgan fingerprint density at radius 2 is 1.72 bits per heavy atom. The van der Waals surface area contributed by atoms with Crippen molar-refractivity contribution in [3.63, 3.8) is 0 Å². The van der Waals surface area contributed by atoms with Crippen LogP contribution in [0.3, 0.4) is 0 Å². The van der Waals surface area contributed by atoms with Gasteiger partial charge in [0.05, 0.1) is 10.9 Å². The molecule has 0 radical (unpaired) electrons. The summed E-state index contributed by atoms with van der Waals surface area (Å²) in [6.45, 7) is 5.82. The fourth-order valence-corrected chi connectivity index (χ4v) is 4.38. The van der Waals surface area contributed by atoms with Gasteiger partial charge in [0, 0.05) is 28.7 Å². The van der Waals surface area contributed by atoms with Gasteiger partial charge in [0.25, 0.3) is 0 Å². The molecule has 0 aliphatic rings. The first-order chi connectivity index (χ1) is 15.4. The Morgan fingerprint density at radius 3 is 2.41 bits per heavy atom. The number of aromatic nitrogens is 4. The topological polar surface area (TPSA) is 72.7 Å². The zero-order valence-electron chi connectivity index (χ0n) is 17.9. The molecule has 32 heavy (non-hydrogen) atoms. The highest BCUT2D eigenvalue weighted by Crippen LogP contribution is 2.31. The van der Waals surface area contributed by atoms with Crippen molar-refractivity contribution >= 4 is 35.0 Å². The number of nitrogens with zero attached hydrogens (tertiary/aromatic N) is 4. The first kappa shape index (κ1) is 22.0. The third-order valence-electron chi connectivity index (χ3n) is 5.02. The summed E-state index contributed by atoms with van der Waals surface area (Å²) in [6, 6.07) is 17.2. The quantitative estimate of drug-likeness (QED) is 0.370. The molecule has 0 saturated carbocycles. The Balaban J connectivity index is 1.66. The zero-order chi connectivity index (χ0) is 22.7. The molecule has 4 aromatic rings. The maximum Gasteiger partial charge on any atom is 0.237 e. The van der Waals surface area contributed by atoms with E-state index in [-0.39, 0.29) is 5.91 Å². The van der Waals surface area contributed by atoms with Gasteiger partial charge in [0.2, 0.25) is 5.91 Å². The largest absolute Gasteiger partial charge is 0.325 e. The van der Waals surface area contributed by atoms with Gasteiger partial charge in [-0.2, -0.15) is 0 Å². The second-order valence-electron chi connectivity index (χ2n) is 7.37. The number of hydrogen-bond donors (Lipinski definition) is 1. The minimum Gasteiger partial charge on any atom is -0.325 e. The first-order valence-electron chi connectivity index (χ1n) is 10.1. The monoisotopic (exact) mass is 463 g/mol. The van der Waals surface area contributed by atoms with E-state index in [2.05, 4.69) is 20.5 Å². The van der Waals surface area contributed by atoms with Gasteiger partial charge < -0.3 is 5.32 Å². The molecule has 6 nitrogen and oxygen atoms in total. The van der Waals surface area contributed by atoms with Crippen LogP contribution in [0.4, 0.5) is 5.69 Å². The van der Waals surface area contributed by atoms with Crippen molar-refractivity contribution in [1.82, 2.24) is 19.7 Å². The molecule has 2 heterocycles. The van der Waals surface area contributed by atoms with Gasteiger partial charge in [-0.05, 0) is 62.2 Å². The zero-order valence-corrected chi connectivity index (χ0v) is 19.5. The average molecular weight is 464 g/mol. The molecule has 0 aliphatic carbocycles. The molecular formula is C24H22ClN5OS. The van der Waals surface area contributed by atoms with Crippen LogP contribution in [0, 0.1) is 13.8 Å². The van der Waals surface area contributed by atoms with Crippen LogP contribution in [0.15, 0.2) is 72.1 Å². The average Bonchev–Trinajstić information content (AvgIpc) is 3.20. The van der Waals surface area contributed by atoms with E-state index in [1.165, 1.54) is 11.8 Å². The van der Waals surface area contributed by atoms with Crippen LogP contribution in [0.1, 0.15) is 18.1 Å². The number of para-hydroxylation sites is 1. The van der Waals surface area contributed by atoms with Crippen LogP contribution >= 0.6 is 23.4 Å². The van der Waals surface area contributed by atoms with Crippen LogP contribution in [-0.2, 0) is 4.79 Å². The summed E-state index contributed by atoms with van der Waals surface area (Å²) in [5.74, 6) is 0.554. The minimum atomic E-state index is -0.401. The molecule has 2 aromatic heterocycles. The number of thioether (sulfide) groups is 1. The minimum absolute atomic E-state index is 0.0986. The molecule has 162 valence electrons. The second kappa shape index (κ2) is 9.54. The summed E-state index contributed by atoms with van der Waals surface area (Å²) >= 11 is 7.60. The maximum absolute atomic E-state index is 13.0. The molecule has 0 fully saturated rings. The third-order valence-corrected chi connectivity index (χ3v) is 6.30. The Bertz CT molecular complexity index is 1240. The highest BCUT2D eigenvalue weighted by Gasteiger charge is 2.22. The van der Waals surface area contributed by atoms with Crippen LogP contribution < -0.4 is 5.32 Å². The third kappa shape index (κ3) is 4.69. The van der Waals surface area contributed by atoms with Gasteiger partial charge >= 0.3 is 0 Å². The van der Waals surface area contributed by atoms with Gasteiger partial charge in [0.1, 0.15) is 0 Å². The number of nitrogens with one attached hydrogen (secondary N) is 1. The fraction of sp³-hybridized carbons (Fsp3) is 0.167. The summed E-state index contributed by atoms with van der Waals surface area (Å²) in [5, 5.41) is 12.7. The Hall–Kier alpha value is -3.16. The lowest BCUT2D eigenvalue weighted by Gasteiger charge is -2.16. The predicted molar refractivity (Wildman–Crippen MR) is 129 cm³/mol. The molecule has 0 spiro atoms. The number of carbonyl (C=O) groups excluding carboxylic acids is 1. The van der Waals surface area contributed by atoms with Gasteiger partial charge in [-0.1, -0.05) is 47.6 Å². The number of carbonyl (C=O) groups is 1. The van der Waals surface area contributed by atoms with Crippen molar-refractivity contribution in [2.24, 2.45) is 0 Å². The summed E-state index contributed by atoms with van der Waals surface area (Å²) in [6.07, 6.45) is 3.42. The fourth-order valence-electron chi connectivity index (χ4n) is 3.33. The van der Waals surface area contributed by atoms with E-state index >= 15 is 0 Å². The number of halogens is 1. The van der Waals surface area contributed by atoms with E-state index in [1.807, 2.05) is 79.9 Å². The molecule has 0 aliphatic heterocycles. The highest BCUT2D eigenvalue weighted by atomic mass is 35.5. The molecule has 2 aromatic carbocycles. The molecule has 0 saturated heterocycles. The Morgan fingerprint density at radius 1 is 1.03 bits per heavy atom. The molecule has 8 heteroatoms. The number of anilines is 1. The van der Waals surface area contributed by atoms with Crippen molar-refractivity contribution in [3.05, 3.63) is 83.1 Å². The van der Waals surface area contributed by atoms with E-state index < -0.39 is 5.25 Å². The van der Waals surface area contributed by atoms with Gasteiger partial charge in [0.15, 0.2) is 11.0 Å². The van der Waals surface area contributed by atoms with Crippen molar-refractivity contribution in [3.8, 4) is 17.1 Å². The predicted octanol–water partition coefficient (Wildman–Crippen LogP) is 5.72. The summed E-state index contributed by atoms with van der Waals surface area (Å²) in [4.78, 5) is 17.1. The van der Waals surface area contributed by atoms with E-state index in [9.17, 15) is 4.79 Å². The smallest absolute Gasteiger partial charge is 0.237 e. The number of benzene rings is 2. The van der Waals surface area contributed by atoms with Gasteiger partial charge in [-0.25, -0.2) is 0 Å². The molecule has 1 amide bonds. The summed E-state index contributed by atoms with van der Waals surface area (Å²) in [5.41, 5.74) is 4.58. The lowest BCUT2D eigenvalue weighted by molar-refractivity contribution is -0.115. The Labute approximate surface area is 196 Å². The number of rotatable bonds is 6. The normalized spacial score (nSPS) is 11.9. The number of pyridine rings is 1. The van der Waals surface area contributed by atoms with Crippen LogP contribution in [0.2, 0.25) is 5.02 Å². The Kier molecular flexibility index (Phi) is 6.58. The van der Waals surface area contributed by atoms with E-state index in [0.717, 1.165) is 28.1 Å². The molecule has 1 atom stereocenters. The second-order valence-corrected chi connectivity index (χ2v) is 9.12. The maximum atomic E-state index is 13.0. The molecular weight excluding hydrogens is 442 g/mol. The van der Waals surface area contributed by atoms with Crippen LogP contribution in [-0.4, -0.2) is 30.9 Å². The summed E-state index contributed by atoms with van der Waals surface area (Å²) < 4.78 is 1.91. The van der Waals surface area contributed by atoms with Crippen molar-refractivity contribution in [2.75, 3.05) is 5.32 Å². The number of hydrogen-bond acceptors (Lipinski definition) is 5. The summed E-state index contributed by atoms with van der Waals surface area (Å²) in [7, 11) is 0. The first-order valence-corrected chi connectivity index (χ1v) is 11.4. The molecule has 1 N–H and O–H groups in total. The van der Waals surface area contributed by atoms with E-state index in [0.29, 0.717) is 16.0 Å². The van der Waals surface area contributed by atoms with Crippen LogP contribution in [0.25, 0.3) is 17.1 Å². The molecule has 4 rings (SSSR count). The lowest BCUT2D eigenvalue weighted by atomic mass is 10.1. The number of aryl methyl sites for hydroxylation is 2. The van der Waals surface area contributed by atoms with Crippen LogP contribution in [0.5, 0.6) is 0 Å². The molecule has 1 unspecified atom stereocenters. The molecule has 0 bridgehead atoms. The van der Waals surface area contributed by atoms with E-state index in [1.54, 1.807) is 12.4 Å². The van der Waals surface area contributed by atoms with E-state index in [4.69, 9.17) is 11.6 Å². The lowest BCUT2D eigenvalue weighted by Crippen LogP contribution is -2.23. The highest BCUT2D eigenvalue weighted by molar-refractivity contribution is 8.00. The van der Waals surface area contributed by atoms with Gasteiger partial charge in [-0.3, -0.25) is 14.3 Å². The van der Waals surface area contributed by atoms with Gasteiger partial charge in [-0.15, -0.1) is 10.2 Å². The SMILES string of the molecule is Cc1cccc(C)c1NC(=O)C(C)Sc1nnc(-c2ccncc2)n1-c1cccc(Cl)c1. The van der Waals surface area contributed by atoms with Crippen molar-refractivity contribution < 1.29 is 4.79 Å². The standard InChI is InChI=1S/C24H22ClN5OS/c1-15-6-4-7-16(2)21(15)27-23(31)17(3)32-24-29-28-22(18-10-12-26-13-11-18)30(24)20-9-5-8-19(25)14-20/h4-14,17H,1-3H3,(H,27,31). The van der Waals surface area contributed by atoms with Crippen molar-refractivity contribution in [2.45, 2.75) is 31.2 Å².